The van der Waals surface area contributed by atoms with E-state index >= 15 is 0 Å². The minimum absolute atomic E-state index is 0.0817. The number of amides is 1. The Labute approximate surface area is 94.9 Å². The highest BCUT2D eigenvalue weighted by molar-refractivity contribution is 7.92. The van der Waals surface area contributed by atoms with Crippen molar-refractivity contribution in [1.82, 2.24) is 9.62 Å². The molecule has 0 aromatic carbocycles. The highest BCUT2D eigenvalue weighted by Crippen LogP contribution is 1.99. The summed E-state index contributed by atoms with van der Waals surface area (Å²) in [5.41, 5.74) is 5.14. The molecule has 0 spiro atoms. The molecule has 0 heterocycles. The van der Waals surface area contributed by atoms with Crippen LogP contribution in [0.2, 0.25) is 0 Å². The fraction of sp³-hybridized carbons (Fsp3) is 0.714. The Morgan fingerprint density at radius 1 is 1.53 bits per heavy atom. The van der Waals surface area contributed by atoms with E-state index < -0.39 is 10.0 Å². The zero-order chi connectivity index (χ0) is 12.1. The molecule has 0 rings (SSSR count). The molecule has 0 saturated heterocycles. The van der Waals surface area contributed by atoms with Crippen molar-refractivity contribution < 1.29 is 13.2 Å². The smallest absolute Gasteiger partial charge is 0.221 e. The number of sulfonamides is 1. The van der Waals surface area contributed by atoms with Crippen LogP contribution in [0.5, 0.6) is 0 Å². The Balaban J connectivity index is 4.26. The molecular weight excluding hydrogens is 238 g/mol. The first-order chi connectivity index (χ1) is 6.79. The van der Waals surface area contributed by atoms with E-state index in [2.05, 4.69) is 17.5 Å². The number of hydrogen-bond donors (Lipinski definition) is 2. The third-order valence-electron chi connectivity index (χ3n) is 1.73. The van der Waals surface area contributed by atoms with Crippen LogP contribution in [0.4, 0.5) is 0 Å². The van der Waals surface area contributed by atoms with Gasteiger partial charge in [0.25, 0.3) is 0 Å². The first-order valence-corrected chi connectivity index (χ1v) is 6.24. The molecule has 1 amide bonds. The predicted octanol–water partition coefficient (Wildman–Crippen LogP) is -1.33. The van der Waals surface area contributed by atoms with Crippen LogP contribution in [0, 0.1) is 0 Å². The van der Waals surface area contributed by atoms with Crippen molar-refractivity contribution in [3.05, 3.63) is 0 Å². The van der Waals surface area contributed by atoms with Crippen LogP contribution in [-0.4, -0.2) is 50.0 Å². The van der Waals surface area contributed by atoms with Crippen LogP contribution >= 0.6 is 12.2 Å². The molecule has 0 aliphatic rings. The molecule has 8 heteroatoms. The third-order valence-corrected chi connectivity index (χ3v) is 3.87. The molecular formula is C7H15N3O3S2. The fourth-order valence-electron chi connectivity index (χ4n) is 0.813. The SMILES string of the molecule is CNC(=O)CCN(C)S(=O)(=O)CC(N)=S. The molecule has 88 valence electrons. The molecule has 0 unspecified atom stereocenters. The summed E-state index contributed by atoms with van der Waals surface area (Å²) in [6, 6.07) is 0. The van der Waals surface area contributed by atoms with Crippen LogP contribution in [0.15, 0.2) is 0 Å². The van der Waals surface area contributed by atoms with E-state index in [1.807, 2.05) is 0 Å². The Bertz CT molecular complexity index is 339. The molecule has 15 heavy (non-hydrogen) atoms. The average molecular weight is 253 g/mol. The lowest BCUT2D eigenvalue weighted by molar-refractivity contribution is -0.120. The molecule has 3 N–H and O–H groups in total. The van der Waals surface area contributed by atoms with E-state index in [1.165, 1.54) is 14.1 Å². The van der Waals surface area contributed by atoms with E-state index in [1.54, 1.807) is 0 Å². The standard InChI is InChI=1S/C7H15N3O3S2/c1-9-7(11)3-4-10(2)15(12,13)5-6(8)14/h3-5H2,1-2H3,(H2,8,14)(H,9,11). The number of nitrogens with two attached hydrogens (primary N) is 1. The monoisotopic (exact) mass is 253 g/mol. The van der Waals surface area contributed by atoms with Crippen LogP contribution in [0.3, 0.4) is 0 Å². The summed E-state index contributed by atoms with van der Waals surface area (Å²) < 4.78 is 24.0. The van der Waals surface area contributed by atoms with Crippen molar-refractivity contribution >= 4 is 33.1 Å². The maximum atomic E-state index is 11.5. The van der Waals surface area contributed by atoms with Gasteiger partial charge in [-0.1, -0.05) is 12.2 Å². The molecule has 0 aliphatic heterocycles. The van der Waals surface area contributed by atoms with Gasteiger partial charge in [-0.2, -0.15) is 0 Å². The van der Waals surface area contributed by atoms with Crippen molar-refractivity contribution in [2.75, 3.05) is 26.4 Å². The molecule has 0 aliphatic carbocycles. The first-order valence-electron chi connectivity index (χ1n) is 4.22. The summed E-state index contributed by atoms with van der Waals surface area (Å²) in [4.78, 5) is 10.8. The number of carbonyl (C=O) groups excluding carboxylic acids is 1. The third kappa shape index (κ3) is 5.65. The molecule has 6 nitrogen and oxygen atoms in total. The second-order valence-corrected chi connectivity index (χ2v) is 5.57. The van der Waals surface area contributed by atoms with Gasteiger partial charge in [0, 0.05) is 27.1 Å². The zero-order valence-electron chi connectivity index (χ0n) is 8.69. The maximum Gasteiger partial charge on any atom is 0.221 e. The quantitative estimate of drug-likeness (QED) is 0.572. The first kappa shape index (κ1) is 14.3. The number of carbonyl (C=O) groups is 1. The molecule has 0 fully saturated rings. The highest BCUT2D eigenvalue weighted by Gasteiger charge is 2.19. The lowest BCUT2D eigenvalue weighted by atomic mass is 10.4. The highest BCUT2D eigenvalue weighted by atomic mass is 32.2. The van der Waals surface area contributed by atoms with Gasteiger partial charge in [0.15, 0.2) is 0 Å². The van der Waals surface area contributed by atoms with Crippen molar-refractivity contribution in [2.45, 2.75) is 6.42 Å². The van der Waals surface area contributed by atoms with E-state index in [4.69, 9.17) is 5.73 Å². The zero-order valence-corrected chi connectivity index (χ0v) is 10.3. The number of thiocarbonyl (C=S) groups is 1. The summed E-state index contributed by atoms with van der Waals surface area (Å²) in [7, 11) is -0.599. The minimum atomic E-state index is -3.48. The maximum absolute atomic E-state index is 11.5. The van der Waals surface area contributed by atoms with Gasteiger partial charge >= 0.3 is 0 Å². The van der Waals surface area contributed by atoms with E-state index in [0.29, 0.717) is 0 Å². The lowest BCUT2D eigenvalue weighted by Crippen LogP contribution is -2.36. The topological polar surface area (TPSA) is 92.5 Å². The normalized spacial score (nSPS) is 11.4. The lowest BCUT2D eigenvalue weighted by Gasteiger charge is -2.15. The van der Waals surface area contributed by atoms with Gasteiger partial charge in [-0.15, -0.1) is 0 Å². The van der Waals surface area contributed by atoms with Crippen molar-refractivity contribution in [2.24, 2.45) is 5.73 Å². The van der Waals surface area contributed by atoms with Gasteiger partial charge in [-0.3, -0.25) is 4.79 Å². The van der Waals surface area contributed by atoms with Gasteiger partial charge in [-0.25, -0.2) is 12.7 Å². The number of hydrogen-bond acceptors (Lipinski definition) is 4. The van der Waals surface area contributed by atoms with Gasteiger partial charge in [0.05, 0.1) is 4.99 Å². The van der Waals surface area contributed by atoms with Crippen molar-refractivity contribution in [3.8, 4) is 0 Å². The summed E-state index contributed by atoms with van der Waals surface area (Å²) in [6.07, 6.45) is 0.115. The van der Waals surface area contributed by atoms with Crippen LogP contribution in [0.1, 0.15) is 6.42 Å². The largest absolute Gasteiger partial charge is 0.392 e. The number of rotatable bonds is 6. The molecule has 0 bridgehead atoms. The molecule has 0 atom stereocenters. The van der Waals surface area contributed by atoms with Gasteiger partial charge in [0.1, 0.15) is 5.75 Å². The summed E-state index contributed by atoms with van der Waals surface area (Å²) in [5.74, 6) is -0.584. The summed E-state index contributed by atoms with van der Waals surface area (Å²) in [5, 5.41) is 2.40. The average Bonchev–Trinajstić information content (AvgIpc) is 2.11. The Morgan fingerprint density at radius 2 is 2.07 bits per heavy atom. The summed E-state index contributed by atoms with van der Waals surface area (Å²) >= 11 is 4.51. The van der Waals surface area contributed by atoms with E-state index in [0.717, 1.165) is 4.31 Å². The minimum Gasteiger partial charge on any atom is -0.392 e. The Hall–Kier alpha value is -0.730. The molecule has 0 aromatic rings. The van der Waals surface area contributed by atoms with Crippen LogP contribution < -0.4 is 11.1 Å². The molecule has 0 radical (unpaired) electrons. The van der Waals surface area contributed by atoms with Gasteiger partial charge in [-0.05, 0) is 0 Å². The van der Waals surface area contributed by atoms with E-state index in [9.17, 15) is 13.2 Å². The fourth-order valence-corrected chi connectivity index (χ4v) is 2.21. The molecule has 0 saturated carbocycles. The molecule has 0 aromatic heterocycles. The van der Waals surface area contributed by atoms with Gasteiger partial charge < -0.3 is 11.1 Å². The van der Waals surface area contributed by atoms with Gasteiger partial charge in [0.2, 0.25) is 15.9 Å². The second-order valence-electron chi connectivity index (χ2n) is 2.97. The van der Waals surface area contributed by atoms with Crippen molar-refractivity contribution in [1.29, 1.82) is 0 Å². The van der Waals surface area contributed by atoms with Crippen LogP contribution in [-0.2, 0) is 14.8 Å². The Morgan fingerprint density at radius 3 is 2.47 bits per heavy atom. The number of nitrogens with zero attached hydrogens (tertiary/aromatic N) is 1. The summed E-state index contributed by atoms with van der Waals surface area (Å²) in [6.45, 7) is 0.116. The number of nitrogens with one attached hydrogen (secondary N) is 1. The Kier molecular flexibility index (Phi) is 5.69. The van der Waals surface area contributed by atoms with Crippen LogP contribution in [0.25, 0.3) is 0 Å². The van der Waals surface area contributed by atoms with Crippen molar-refractivity contribution in [3.63, 3.8) is 0 Å². The predicted molar refractivity (Wildman–Crippen MR) is 61.9 cm³/mol. The second kappa shape index (κ2) is 5.99. The van der Waals surface area contributed by atoms with E-state index in [-0.39, 0.29) is 29.6 Å².